The smallest absolute Gasteiger partial charge is 0.244 e. The van der Waals surface area contributed by atoms with Gasteiger partial charge in [-0.3, -0.25) is 4.98 Å². The van der Waals surface area contributed by atoms with Crippen LogP contribution in [-0.4, -0.2) is 43.4 Å². The van der Waals surface area contributed by atoms with Crippen molar-refractivity contribution in [3.63, 3.8) is 0 Å². The van der Waals surface area contributed by atoms with E-state index in [0.717, 1.165) is 24.8 Å². The third kappa shape index (κ3) is 4.56. The van der Waals surface area contributed by atoms with E-state index in [0.29, 0.717) is 23.5 Å². The molecule has 1 aliphatic heterocycles. The minimum absolute atomic E-state index is 0. The first-order chi connectivity index (χ1) is 11.0. The van der Waals surface area contributed by atoms with Crippen LogP contribution in [0.1, 0.15) is 19.8 Å². The Balaban J connectivity index is 0.00000156. The molecular weight excluding hydrogens is 405 g/mol. The quantitative estimate of drug-likeness (QED) is 0.798. The number of pyridine rings is 1. The summed E-state index contributed by atoms with van der Waals surface area (Å²) in [6, 6.07) is 5.09. The molecule has 1 saturated heterocycles. The predicted octanol–water partition coefficient (Wildman–Crippen LogP) is 3.49. The number of hydrogen-bond acceptors (Lipinski definition) is 4. The first-order valence-electron chi connectivity index (χ1n) is 7.76. The van der Waals surface area contributed by atoms with Crippen LogP contribution >= 0.6 is 36.4 Å². The Morgan fingerprint density at radius 3 is 2.76 bits per heavy atom. The highest BCUT2D eigenvalue weighted by molar-refractivity contribution is 7.89. The fraction of sp³-hybridized carbons (Fsp3) is 0.438. The van der Waals surface area contributed by atoms with Gasteiger partial charge in [0.15, 0.2) is 0 Å². The molecule has 0 aliphatic carbocycles. The van der Waals surface area contributed by atoms with Gasteiger partial charge in [0.1, 0.15) is 0 Å². The second-order valence-corrected chi connectivity index (χ2v) is 8.12. The molecule has 3 rings (SSSR count). The van der Waals surface area contributed by atoms with E-state index >= 15 is 0 Å². The molecule has 0 spiro atoms. The predicted molar refractivity (Wildman–Crippen MR) is 107 cm³/mol. The molecule has 1 fully saturated rings. The second kappa shape index (κ2) is 9.35. The molecule has 1 aliphatic rings. The van der Waals surface area contributed by atoms with Gasteiger partial charge in [0.05, 0.1) is 9.92 Å². The lowest BCUT2D eigenvalue weighted by Gasteiger charge is -2.31. The maximum absolute atomic E-state index is 13.2. The van der Waals surface area contributed by atoms with Crippen LogP contribution in [0.3, 0.4) is 0 Å². The van der Waals surface area contributed by atoms with Gasteiger partial charge < -0.3 is 5.32 Å². The number of hydrogen-bond donors (Lipinski definition) is 1. The molecule has 1 N–H and O–H groups in total. The Labute approximate surface area is 166 Å². The molecule has 140 valence electrons. The van der Waals surface area contributed by atoms with Crippen molar-refractivity contribution < 1.29 is 8.42 Å². The van der Waals surface area contributed by atoms with E-state index in [-0.39, 0.29) is 35.8 Å². The summed E-state index contributed by atoms with van der Waals surface area (Å²) in [6.45, 7) is 4.05. The maximum Gasteiger partial charge on any atom is 0.244 e. The first kappa shape index (κ1) is 22.4. The zero-order valence-electron chi connectivity index (χ0n) is 13.8. The minimum Gasteiger partial charge on any atom is -0.315 e. The molecule has 0 saturated carbocycles. The Kier molecular flexibility index (Phi) is 8.38. The fourth-order valence-electron chi connectivity index (χ4n) is 3.01. The van der Waals surface area contributed by atoms with Crippen LogP contribution in [0.15, 0.2) is 35.5 Å². The number of nitrogens with one attached hydrogen (secondary N) is 1. The van der Waals surface area contributed by atoms with E-state index in [2.05, 4.69) is 10.3 Å². The van der Waals surface area contributed by atoms with Crippen molar-refractivity contribution in [3.05, 3.63) is 35.6 Å². The second-order valence-electron chi connectivity index (χ2n) is 5.85. The highest BCUT2D eigenvalue weighted by Gasteiger charge is 2.31. The van der Waals surface area contributed by atoms with Crippen molar-refractivity contribution in [2.24, 2.45) is 0 Å². The van der Waals surface area contributed by atoms with Gasteiger partial charge in [0.2, 0.25) is 10.0 Å². The van der Waals surface area contributed by atoms with Crippen molar-refractivity contribution in [3.8, 4) is 0 Å². The van der Waals surface area contributed by atoms with E-state index in [4.69, 9.17) is 11.6 Å². The largest absolute Gasteiger partial charge is 0.315 e. The van der Waals surface area contributed by atoms with Gasteiger partial charge in [-0.15, -0.1) is 24.8 Å². The van der Waals surface area contributed by atoms with Gasteiger partial charge >= 0.3 is 0 Å². The molecule has 9 heteroatoms. The Hall–Kier alpha value is -0.630. The molecule has 5 nitrogen and oxygen atoms in total. The van der Waals surface area contributed by atoms with Crippen molar-refractivity contribution in [2.45, 2.75) is 30.7 Å². The molecule has 1 aromatic carbocycles. The van der Waals surface area contributed by atoms with E-state index < -0.39 is 10.0 Å². The highest BCUT2D eigenvalue weighted by Crippen LogP contribution is 2.31. The number of benzene rings is 1. The third-order valence-corrected chi connectivity index (χ3v) is 6.54. The van der Waals surface area contributed by atoms with Crippen molar-refractivity contribution in [1.82, 2.24) is 14.6 Å². The van der Waals surface area contributed by atoms with Gasteiger partial charge in [0.25, 0.3) is 0 Å². The number of rotatable bonds is 2. The van der Waals surface area contributed by atoms with E-state index in [1.165, 1.54) is 6.20 Å². The summed E-state index contributed by atoms with van der Waals surface area (Å²) in [7, 11) is -3.62. The summed E-state index contributed by atoms with van der Waals surface area (Å²) in [5, 5.41) is 4.94. The lowest BCUT2D eigenvalue weighted by atomic mass is 10.2. The van der Waals surface area contributed by atoms with Gasteiger partial charge in [-0.25, -0.2) is 8.42 Å². The van der Waals surface area contributed by atoms with Crippen molar-refractivity contribution in [2.75, 3.05) is 19.6 Å². The number of sulfonamides is 1. The monoisotopic (exact) mass is 425 g/mol. The van der Waals surface area contributed by atoms with E-state index in [9.17, 15) is 8.42 Å². The molecule has 2 aromatic rings. The van der Waals surface area contributed by atoms with Gasteiger partial charge in [0, 0.05) is 42.3 Å². The molecule has 0 bridgehead atoms. The van der Waals surface area contributed by atoms with E-state index in [1.54, 1.807) is 22.6 Å². The van der Waals surface area contributed by atoms with Crippen LogP contribution in [0.25, 0.3) is 10.8 Å². The molecule has 25 heavy (non-hydrogen) atoms. The van der Waals surface area contributed by atoms with Crippen LogP contribution in [-0.2, 0) is 10.0 Å². The molecule has 0 radical (unpaired) electrons. The number of nitrogens with zero attached hydrogens (tertiary/aromatic N) is 2. The maximum atomic E-state index is 13.2. The Morgan fingerprint density at radius 1 is 1.24 bits per heavy atom. The Morgan fingerprint density at radius 2 is 2.00 bits per heavy atom. The summed E-state index contributed by atoms with van der Waals surface area (Å²) in [6.07, 6.45) is 4.94. The average molecular weight is 427 g/mol. The van der Waals surface area contributed by atoms with Crippen LogP contribution in [0.5, 0.6) is 0 Å². The van der Waals surface area contributed by atoms with E-state index in [1.807, 2.05) is 13.0 Å². The normalized spacial score (nSPS) is 19.4. The third-order valence-electron chi connectivity index (χ3n) is 4.20. The SMILES string of the molecule is CC1CNCCCCN1S(=O)(=O)c1cccc2cncc(Cl)c12.Cl.Cl. The van der Waals surface area contributed by atoms with Gasteiger partial charge in [-0.1, -0.05) is 23.7 Å². The summed E-state index contributed by atoms with van der Waals surface area (Å²) in [5.74, 6) is 0. The summed E-state index contributed by atoms with van der Waals surface area (Å²) >= 11 is 6.24. The average Bonchev–Trinajstić information content (AvgIpc) is 2.50. The van der Waals surface area contributed by atoms with Crippen LogP contribution in [0.4, 0.5) is 0 Å². The molecule has 0 amide bonds. The molecular formula is C16H22Cl3N3O2S. The summed E-state index contributed by atoms with van der Waals surface area (Å²) in [5.41, 5.74) is 0. The zero-order chi connectivity index (χ0) is 16.4. The number of fused-ring (bicyclic) bond motifs is 1. The summed E-state index contributed by atoms with van der Waals surface area (Å²) in [4.78, 5) is 4.30. The Bertz CT molecular complexity index is 812. The van der Waals surface area contributed by atoms with Crippen molar-refractivity contribution in [1.29, 1.82) is 0 Å². The number of aromatic nitrogens is 1. The van der Waals surface area contributed by atoms with Crippen LogP contribution in [0, 0.1) is 0 Å². The molecule has 2 heterocycles. The molecule has 1 atom stereocenters. The number of halogens is 3. The van der Waals surface area contributed by atoms with Crippen molar-refractivity contribution >= 4 is 57.2 Å². The fourth-order valence-corrected chi connectivity index (χ4v) is 5.24. The van der Waals surface area contributed by atoms with Crippen LogP contribution in [0.2, 0.25) is 5.02 Å². The molecule has 1 aromatic heterocycles. The standard InChI is InChI=1S/C16H20ClN3O2S.2ClH/c1-12-9-18-7-2-3-8-20(12)23(21,22)15-6-4-5-13-10-19-11-14(17)16(13)15;;/h4-6,10-12,18H,2-3,7-9H2,1H3;2*1H. The van der Waals surface area contributed by atoms with Crippen LogP contribution < -0.4 is 5.32 Å². The van der Waals surface area contributed by atoms with Gasteiger partial charge in [-0.2, -0.15) is 4.31 Å². The topological polar surface area (TPSA) is 62.3 Å². The minimum atomic E-state index is -3.62. The highest BCUT2D eigenvalue weighted by atomic mass is 35.5. The lowest BCUT2D eigenvalue weighted by Crippen LogP contribution is -2.46. The van der Waals surface area contributed by atoms with Gasteiger partial charge in [-0.05, 0) is 32.4 Å². The zero-order valence-corrected chi connectivity index (χ0v) is 17.0. The first-order valence-corrected chi connectivity index (χ1v) is 9.58. The lowest BCUT2D eigenvalue weighted by molar-refractivity contribution is 0.301. The summed E-state index contributed by atoms with van der Waals surface area (Å²) < 4.78 is 28.1. The molecule has 1 unspecified atom stereocenters.